The van der Waals surface area contributed by atoms with Gasteiger partial charge in [0.05, 0.1) is 17.5 Å². The Balaban J connectivity index is 1.37. The Labute approximate surface area is 208 Å². The van der Waals surface area contributed by atoms with Crippen LogP contribution < -0.4 is 5.32 Å². The lowest BCUT2D eigenvalue weighted by Gasteiger charge is -2.13. The van der Waals surface area contributed by atoms with Crippen LogP contribution in [0.1, 0.15) is 34.5 Å². The predicted molar refractivity (Wildman–Crippen MR) is 134 cm³/mol. The summed E-state index contributed by atoms with van der Waals surface area (Å²) in [5.41, 5.74) is 4.28. The molecule has 7 nitrogen and oxygen atoms in total. The van der Waals surface area contributed by atoms with E-state index in [0.29, 0.717) is 24.3 Å². The average Bonchev–Trinajstić information content (AvgIpc) is 3.10. The summed E-state index contributed by atoms with van der Waals surface area (Å²) in [7, 11) is 0. The third-order valence-corrected chi connectivity index (χ3v) is 6.06. The number of esters is 1. The van der Waals surface area contributed by atoms with Crippen LogP contribution in [0.15, 0.2) is 60.7 Å². The second kappa shape index (κ2) is 10.8. The van der Waals surface area contributed by atoms with E-state index < -0.39 is 18.5 Å². The summed E-state index contributed by atoms with van der Waals surface area (Å²) in [5.74, 6) is -1.10. The Hall–Kier alpha value is -4.51. The third kappa shape index (κ3) is 5.58. The zero-order valence-corrected chi connectivity index (χ0v) is 20.0. The van der Waals surface area contributed by atoms with Gasteiger partial charge in [-0.1, -0.05) is 36.4 Å². The number of nitrogens with one attached hydrogen (secondary N) is 1. The van der Waals surface area contributed by atoms with Gasteiger partial charge in [-0.3, -0.25) is 14.6 Å². The van der Waals surface area contributed by atoms with Gasteiger partial charge in [-0.2, -0.15) is 5.26 Å². The molecule has 0 saturated carbocycles. The van der Waals surface area contributed by atoms with Crippen molar-refractivity contribution in [1.29, 1.82) is 5.26 Å². The molecule has 0 saturated heterocycles. The van der Waals surface area contributed by atoms with Gasteiger partial charge in [0.2, 0.25) is 0 Å². The summed E-state index contributed by atoms with van der Waals surface area (Å²) in [5, 5.41) is 13.4. The third-order valence-electron chi connectivity index (χ3n) is 6.06. The molecule has 0 unspecified atom stereocenters. The van der Waals surface area contributed by atoms with Gasteiger partial charge in [-0.25, -0.2) is 4.39 Å². The number of hydrogen-bond donors (Lipinski definition) is 1. The van der Waals surface area contributed by atoms with E-state index in [1.165, 1.54) is 12.1 Å². The summed E-state index contributed by atoms with van der Waals surface area (Å²) in [6, 6.07) is 19.7. The monoisotopic (exact) mass is 484 g/mol. The highest BCUT2D eigenvalue weighted by molar-refractivity contribution is 5.93. The van der Waals surface area contributed by atoms with Gasteiger partial charge in [-0.05, 0) is 49.2 Å². The number of fused-ring (bicyclic) bond motifs is 1. The van der Waals surface area contributed by atoms with Gasteiger partial charge in [-0.15, -0.1) is 0 Å². The lowest BCUT2D eigenvalue weighted by molar-refractivity contribution is -0.147. The van der Waals surface area contributed by atoms with Crippen LogP contribution in [-0.2, 0) is 27.3 Å². The van der Waals surface area contributed by atoms with Crippen molar-refractivity contribution in [3.05, 3.63) is 94.6 Å². The molecule has 0 aliphatic rings. The number of hydrogen-bond acceptors (Lipinski definition) is 5. The minimum atomic E-state index is -0.554. The van der Waals surface area contributed by atoms with Crippen molar-refractivity contribution in [2.75, 3.05) is 11.9 Å². The lowest BCUT2D eigenvalue weighted by atomic mass is 10.1. The van der Waals surface area contributed by atoms with E-state index in [4.69, 9.17) is 4.74 Å². The number of para-hydroxylation sites is 1. The standard InChI is InChI=1S/C28H25FN4O3/c1-18-19(2)33(16-20-7-10-22(29)11-8-20)28(24(18)15-30)32-26(34)17-36-27(35)14-13-23-12-9-21-5-3-4-6-25(21)31-23/h3-12H,13-14,16-17H2,1-2H3,(H,32,34). The molecule has 0 radical (unpaired) electrons. The number of nitriles is 1. The Kier molecular flexibility index (Phi) is 7.40. The second-order valence-electron chi connectivity index (χ2n) is 8.46. The largest absolute Gasteiger partial charge is 0.456 e. The van der Waals surface area contributed by atoms with Crippen LogP contribution in [0.3, 0.4) is 0 Å². The molecular formula is C28H25FN4O3. The molecule has 2 aromatic heterocycles. The van der Waals surface area contributed by atoms with E-state index in [1.807, 2.05) is 43.3 Å². The van der Waals surface area contributed by atoms with E-state index in [9.17, 15) is 19.2 Å². The summed E-state index contributed by atoms with van der Waals surface area (Å²) in [4.78, 5) is 29.4. The molecule has 2 aromatic carbocycles. The fourth-order valence-corrected chi connectivity index (χ4v) is 3.96. The first-order valence-corrected chi connectivity index (χ1v) is 11.5. The topological polar surface area (TPSA) is 97.0 Å². The fourth-order valence-electron chi connectivity index (χ4n) is 3.96. The number of ether oxygens (including phenoxy) is 1. The Morgan fingerprint density at radius 3 is 2.58 bits per heavy atom. The number of aromatic nitrogens is 2. The van der Waals surface area contributed by atoms with Crippen molar-refractivity contribution in [2.45, 2.75) is 33.2 Å². The van der Waals surface area contributed by atoms with E-state index in [1.54, 1.807) is 23.6 Å². The number of rotatable bonds is 8. The fraction of sp³-hybridized carbons (Fsp3) is 0.214. The van der Waals surface area contributed by atoms with Crippen LogP contribution in [0.2, 0.25) is 0 Å². The summed E-state index contributed by atoms with van der Waals surface area (Å²) in [6.45, 7) is 3.50. The maximum Gasteiger partial charge on any atom is 0.306 e. The first-order valence-electron chi connectivity index (χ1n) is 11.5. The van der Waals surface area contributed by atoms with Crippen LogP contribution in [-0.4, -0.2) is 28.0 Å². The van der Waals surface area contributed by atoms with Crippen molar-refractivity contribution in [3.8, 4) is 6.07 Å². The van der Waals surface area contributed by atoms with E-state index in [0.717, 1.165) is 33.4 Å². The Bertz CT molecular complexity index is 1470. The van der Waals surface area contributed by atoms with Gasteiger partial charge in [0, 0.05) is 29.7 Å². The van der Waals surface area contributed by atoms with Crippen molar-refractivity contribution in [2.24, 2.45) is 0 Å². The number of amides is 1. The summed E-state index contributed by atoms with van der Waals surface area (Å²) >= 11 is 0. The molecule has 0 spiro atoms. The normalized spacial score (nSPS) is 10.7. The predicted octanol–water partition coefficient (Wildman–Crippen LogP) is 4.83. The lowest BCUT2D eigenvalue weighted by Crippen LogP contribution is -2.23. The molecule has 0 aliphatic heterocycles. The molecule has 1 amide bonds. The summed E-state index contributed by atoms with van der Waals surface area (Å²) < 4.78 is 20.2. The van der Waals surface area contributed by atoms with Crippen molar-refractivity contribution in [3.63, 3.8) is 0 Å². The quantitative estimate of drug-likeness (QED) is 0.362. The molecule has 36 heavy (non-hydrogen) atoms. The number of nitrogens with zero attached hydrogens (tertiary/aromatic N) is 3. The molecule has 0 bridgehead atoms. The van der Waals surface area contributed by atoms with E-state index in [-0.39, 0.29) is 12.2 Å². The van der Waals surface area contributed by atoms with Crippen molar-refractivity contribution >= 4 is 28.6 Å². The molecule has 2 heterocycles. The number of benzene rings is 2. The molecule has 4 aromatic rings. The highest BCUT2D eigenvalue weighted by atomic mass is 19.1. The van der Waals surface area contributed by atoms with Crippen LogP contribution >= 0.6 is 0 Å². The smallest absolute Gasteiger partial charge is 0.306 e. The first-order chi connectivity index (χ1) is 17.4. The zero-order valence-electron chi connectivity index (χ0n) is 20.0. The Morgan fingerprint density at radius 2 is 1.83 bits per heavy atom. The molecule has 0 aliphatic carbocycles. The van der Waals surface area contributed by atoms with Gasteiger partial charge in [0.25, 0.3) is 5.91 Å². The second-order valence-corrected chi connectivity index (χ2v) is 8.46. The van der Waals surface area contributed by atoms with E-state index >= 15 is 0 Å². The maximum absolute atomic E-state index is 13.3. The number of carbonyl (C=O) groups is 2. The highest BCUT2D eigenvalue weighted by Crippen LogP contribution is 2.27. The van der Waals surface area contributed by atoms with E-state index in [2.05, 4.69) is 16.4 Å². The first kappa shape index (κ1) is 24.6. The molecule has 8 heteroatoms. The number of carbonyl (C=O) groups excluding carboxylic acids is 2. The van der Waals surface area contributed by atoms with Crippen LogP contribution in [0.5, 0.6) is 0 Å². The molecule has 1 N–H and O–H groups in total. The van der Waals surface area contributed by atoms with Gasteiger partial charge in [0.1, 0.15) is 17.7 Å². The van der Waals surface area contributed by atoms with Gasteiger partial charge >= 0.3 is 5.97 Å². The molecule has 0 atom stereocenters. The maximum atomic E-state index is 13.3. The number of pyridine rings is 1. The Morgan fingerprint density at radius 1 is 1.08 bits per heavy atom. The number of halogens is 1. The van der Waals surface area contributed by atoms with Crippen molar-refractivity contribution in [1.82, 2.24) is 9.55 Å². The molecular weight excluding hydrogens is 459 g/mol. The molecule has 4 rings (SSSR count). The minimum absolute atomic E-state index is 0.0845. The number of anilines is 1. The van der Waals surface area contributed by atoms with Crippen LogP contribution in [0.25, 0.3) is 10.9 Å². The zero-order chi connectivity index (χ0) is 25.7. The highest BCUT2D eigenvalue weighted by Gasteiger charge is 2.20. The number of aryl methyl sites for hydroxylation is 1. The average molecular weight is 485 g/mol. The molecule has 0 fully saturated rings. The van der Waals surface area contributed by atoms with Crippen molar-refractivity contribution < 1.29 is 18.7 Å². The SMILES string of the molecule is Cc1c(C#N)c(NC(=O)COC(=O)CCc2ccc3ccccc3n2)n(Cc2ccc(F)cc2)c1C. The van der Waals surface area contributed by atoms with Crippen LogP contribution in [0, 0.1) is 31.0 Å². The minimum Gasteiger partial charge on any atom is -0.456 e. The van der Waals surface area contributed by atoms with Gasteiger partial charge in [0.15, 0.2) is 6.61 Å². The molecule has 182 valence electrons. The van der Waals surface area contributed by atoms with Crippen LogP contribution in [0.4, 0.5) is 10.2 Å². The summed E-state index contributed by atoms with van der Waals surface area (Å²) in [6.07, 6.45) is 0.476. The van der Waals surface area contributed by atoms with Gasteiger partial charge < -0.3 is 14.6 Å².